The molecule has 0 aliphatic carbocycles. The van der Waals surface area contributed by atoms with Crippen LogP contribution in [0.1, 0.15) is 12.5 Å². The fourth-order valence-electron chi connectivity index (χ4n) is 1.56. The van der Waals surface area contributed by atoms with Crippen molar-refractivity contribution >= 4 is 16.8 Å². The van der Waals surface area contributed by atoms with Gasteiger partial charge in [-0.3, -0.25) is 4.79 Å². The van der Waals surface area contributed by atoms with Crippen LogP contribution in [0.15, 0.2) is 33.5 Å². The number of aromatic hydroxyl groups is 1. The van der Waals surface area contributed by atoms with E-state index in [1.807, 2.05) is 0 Å². The molecule has 0 amide bonds. The van der Waals surface area contributed by atoms with E-state index in [1.165, 1.54) is 13.0 Å². The van der Waals surface area contributed by atoms with Gasteiger partial charge >= 0.3 is 5.63 Å². The topological polar surface area (TPSA) is 67.5 Å². The molecule has 0 unspecified atom stereocenters. The van der Waals surface area contributed by atoms with Crippen molar-refractivity contribution in [1.82, 2.24) is 0 Å². The monoisotopic (exact) mass is 218 g/mol. The van der Waals surface area contributed by atoms with Crippen molar-refractivity contribution in [1.29, 1.82) is 0 Å². The second-order valence-corrected chi connectivity index (χ2v) is 3.63. The van der Waals surface area contributed by atoms with E-state index in [2.05, 4.69) is 0 Å². The highest BCUT2D eigenvalue weighted by Gasteiger charge is 2.09. The number of hydrogen-bond donors (Lipinski definition) is 1. The quantitative estimate of drug-likeness (QED) is 0.778. The summed E-state index contributed by atoms with van der Waals surface area (Å²) < 4.78 is 4.97. The van der Waals surface area contributed by atoms with Crippen molar-refractivity contribution in [3.8, 4) is 5.75 Å². The van der Waals surface area contributed by atoms with Gasteiger partial charge in [-0.2, -0.15) is 0 Å². The van der Waals surface area contributed by atoms with Crippen molar-refractivity contribution < 1.29 is 14.3 Å². The molecule has 0 atom stereocenters. The molecule has 4 heteroatoms. The fourth-order valence-corrected chi connectivity index (χ4v) is 1.56. The van der Waals surface area contributed by atoms with Gasteiger partial charge in [-0.15, -0.1) is 0 Å². The van der Waals surface area contributed by atoms with E-state index in [4.69, 9.17) is 4.42 Å². The van der Waals surface area contributed by atoms with Crippen molar-refractivity contribution in [2.24, 2.45) is 0 Å². The zero-order chi connectivity index (χ0) is 11.7. The second-order valence-electron chi connectivity index (χ2n) is 3.63. The third-order valence-electron chi connectivity index (χ3n) is 2.25. The summed E-state index contributed by atoms with van der Waals surface area (Å²) in [5.74, 6) is -0.184. The van der Waals surface area contributed by atoms with Gasteiger partial charge in [0.15, 0.2) is 11.3 Å². The lowest BCUT2D eigenvalue weighted by atomic mass is 10.1. The summed E-state index contributed by atoms with van der Waals surface area (Å²) in [6.07, 6.45) is 0.0495. The van der Waals surface area contributed by atoms with Crippen LogP contribution in [-0.2, 0) is 11.2 Å². The van der Waals surface area contributed by atoms with Gasteiger partial charge in [0, 0.05) is 17.4 Å². The lowest BCUT2D eigenvalue weighted by Gasteiger charge is -2.01. The highest BCUT2D eigenvalue weighted by Crippen LogP contribution is 2.23. The Kier molecular flexibility index (Phi) is 2.48. The Morgan fingerprint density at radius 2 is 2.19 bits per heavy atom. The van der Waals surface area contributed by atoms with Crippen LogP contribution in [-0.4, -0.2) is 10.9 Å². The third kappa shape index (κ3) is 1.82. The normalized spacial score (nSPS) is 10.6. The summed E-state index contributed by atoms with van der Waals surface area (Å²) >= 11 is 0. The molecule has 0 radical (unpaired) electrons. The minimum atomic E-state index is -0.579. The number of phenols is 1. The van der Waals surface area contributed by atoms with Crippen LogP contribution < -0.4 is 5.63 Å². The second kappa shape index (κ2) is 3.81. The summed E-state index contributed by atoms with van der Waals surface area (Å²) in [4.78, 5) is 22.4. The van der Waals surface area contributed by atoms with E-state index in [0.717, 1.165) is 0 Å². The van der Waals surface area contributed by atoms with Crippen LogP contribution in [0.4, 0.5) is 0 Å². The third-order valence-corrected chi connectivity index (χ3v) is 2.25. The van der Waals surface area contributed by atoms with Gasteiger partial charge in [0.05, 0.1) is 0 Å². The van der Waals surface area contributed by atoms with Gasteiger partial charge in [0.25, 0.3) is 0 Å². The van der Waals surface area contributed by atoms with Gasteiger partial charge in [0.2, 0.25) is 0 Å². The zero-order valence-corrected chi connectivity index (χ0v) is 8.69. The predicted molar refractivity (Wildman–Crippen MR) is 58.5 cm³/mol. The molecule has 0 aliphatic rings. The maximum Gasteiger partial charge on any atom is 0.340 e. The van der Waals surface area contributed by atoms with Crippen molar-refractivity contribution in [3.63, 3.8) is 0 Å². The molecule has 0 fully saturated rings. The Bertz CT molecular complexity index is 610. The molecule has 16 heavy (non-hydrogen) atoms. The van der Waals surface area contributed by atoms with Gasteiger partial charge in [-0.1, -0.05) is 12.1 Å². The van der Waals surface area contributed by atoms with Gasteiger partial charge in [-0.25, -0.2) is 4.79 Å². The van der Waals surface area contributed by atoms with Gasteiger partial charge in [0.1, 0.15) is 5.78 Å². The number of carbonyl (C=O) groups is 1. The first-order valence-electron chi connectivity index (χ1n) is 4.82. The van der Waals surface area contributed by atoms with E-state index >= 15 is 0 Å². The average Bonchev–Trinajstić information content (AvgIpc) is 2.20. The number of carbonyl (C=O) groups excluding carboxylic acids is 1. The highest BCUT2D eigenvalue weighted by molar-refractivity contribution is 5.84. The minimum absolute atomic E-state index is 0.0495. The molecule has 1 N–H and O–H groups in total. The summed E-state index contributed by atoms with van der Waals surface area (Å²) in [5, 5.41) is 10.1. The minimum Gasteiger partial charge on any atom is -0.504 e. The molecular formula is C12H10O4. The lowest BCUT2D eigenvalue weighted by molar-refractivity contribution is -0.116. The summed E-state index contributed by atoms with van der Waals surface area (Å²) in [6, 6.07) is 6.37. The molecule has 2 aromatic rings. The first-order valence-corrected chi connectivity index (χ1v) is 4.82. The summed E-state index contributed by atoms with van der Waals surface area (Å²) in [5.41, 5.74) is -0.116. The molecule has 1 aromatic carbocycles. The fraction of sp³-hybridized carbons (Fsp3) is 0.167. The number of Topliss-reactive ketones (excluding diaryl/α,β-unsaturated/α-hetero) is 1. The van der Waals surface area contributed by atoms with Crippen LogP contribution in [0, 0.1) is 0 Å². The van der Waals surface area contributed by atoms with Crippen LogP contribution >= 0.6 is 0 Å². The van der Waals surface area contributed by atoms with E-state index < -0.39 is 5.63 Å². The smallest absolute Gasteiger partial charge is 0.340 e. The molecular weight excluding hydrogens is 208 g/mol. The molecule has 4 nitrogen and oxygen atoms in total. The van der Waals surface area contributed by atoms with Crippen LogP contribution in [0.25, 0.3) is 11.0 Å². The van der Waals surface area contributed by atoms with Crippen molar-refractivity contribution in [2.45, 2.75) is 13.3 Å². The van der Waals surface area contributed by atoms with Crippen LogP contribution in [0.5, 0.6) is 5.75 Å². The molecule has 0 aliphatic heterocycles. The van der Waals surface area contributed by atoms with Gasteiger partial charge < -0.3 is 9.52 Å². The maximum absolute atomic E-state index is 11.5. The Hall–Kier alpha value is -2.10. The zero-order valence-electron chi connectivity index (χ0n) is 8.69. The van der Waals surface area contributed by atoms with Crippen LogP contribution in [0.3, 0.4) is 0 Å². The van der Waals surface area contributed by atoms with E-state index in [1.54, 1.807) is 18.2 Å². The molecule has 0 spiro atoms. The number of rotatable bonds is 2. The molecule has 82 valence electrons. The SMILES string of the molecule is CC(=O)Cc1cc2cccc(O)c2oc1=O. The average molecular weight is 218 g/mol. The van der Waals surface area contributed by atoms with Crippen LogP contribution in [0.2, 0.25) is 0 Å². The summed E-state index contributed by atoms with van der Waals surface area (Å²) in [7, 11) is 0. The van der Waals surface area contributed by atoms with E-state index in [-0.39, 0.29) is 23.5 Å². The Morgan fingerprint density at radius 1 is 1.44 bits per heavy atom. The molecule has 0 saturated heterocycles. The first-order chi connectivity index (χ1) is 7.58. The number of fused-ring (bicyclic) bond motifs is 1. The first kappa shape index (κ1) is 10.4. The number of benzene rings is 1. The molecule has 1 heterocycles. The number of hydrogen-bond acceptors (Lipinski definition) is 4. The van der Waals surface area contributed by atoms with Crippen molar-refractivity contribution in [2.75, 3.05) is 0 Å². The predicted octanol–water partition coefficient (Wildman–Crippen LogP) is 1.63. The standard InChI is InChI=1S/C12H10O4/c1-7(13)5-9-6-8-3-2-4-10(14)11(8)16-12(9)15/h2-4,6,14H,5H2,1H3. The number of phenolic OH excluding ortho intramolecular Hbond substituents is 1. The maximum atomic E-state index is 11.5. The number of para-hydroxylation sites is 1. The number of ketones is 1. The largest absolute Gasteiger partial charge is 0.504 e. The lowest BCUT2D eigenvalue weighted by Crippen LogP contribution is -2.10. The molecule has 1 aromatic heterocycles. The summed E-state index contributed by atoms with van der Waals surface area (Å²) in [6.45, 7) is 1.41. The molecule has 2 rings (SSSR count). The van der Waals surface area contributed by atoms with E-state index in [9.17, 15) is 14.7 Å². The Morgan fingerprint density at radius 3 is 2.88 bits per heavy atom. The Balaban J connectivity index is 2.68. The highest BCUT2D eigenvalue weighted by atomic mass is 16.4. The Labute approximate surface area is 91.1 Å². The van der Waals surface area contributed by atoms with E-state index in [0.29, 0.717) is 10.9 Å². The molecule has 0 bridgehead atoms. The van der Waals surface area contributed by atoms with Gasteiger partial charge in [-0.05, 0) is 19.1 Å². The molecule has 0 saturated carbocycles. The van der Waals surface area contributed by atoms with Crippen molar-refractivity contribution in [3.05, 3.63) is 40.2 Å².